The van der Waals surface area contributed by atoms with Gasteiger partial charge in [0.1, 0.15) is 18.1 Å². The minimum Gasteiger partial charge on any atom is -0.492 e. The highest BCUT2D eigenvalue weighted by molar-refractivity contribution is 5.79. The maximum absolute atomic E-state index is 12.7. The van der Waals surface area contributed by atoms with Crippen molar-refractivity contribution in [3.05, 3.63) is 47.3 Å². The summed E-state index contributed by atoms with van der Waals surface area (Å²) in [6.45, 7) is 9.98. The highest BCUT2D eigenvalue weighted by atomic mass is 16.5. The highest BCUT2D eigenvalue weighted by Crippen LogP contribution is 2.16. The van der Waals surface area contributed by atoms with Crippen LogP contribution in [0, 0.1) is 13.8 Å². The number of rotatable bonds is 6. The first kappa shape index (κ1) is 19.4. The van der Waals surface area contributed by atoms with Crippen LogP contribution in [-0.4, -0.2) is 59.7 Å². The molecule has 6 nitrogen and oxygen atoms in total. The molecule has 2 aromatic rings. The Bertz CT molecular complexity index is 725. The molecule has 0 saturated carbocycles. The molecule has 1 aliphatic heterocycles. The van der Waals surface area contributed by atoms with E-state index in [2.05, 4.69) is 17.0 Å². The number of para-hydroxylation sites is 1. The lowest BCUT2D eigenvalue weighted by molar-refractivity contribution is -0.130. The number of amides is 1. The second kappa shape index (κ2) is 9.04. The van der Waals surface area contributed by atoms with Gasteiger partial charge in [0.05, 0.1) is 12.1 Å². The summed E-state index contributed by atoms with van der Waals surface area (Å²) in [6, 6.07) is 10.2. The summed E-state index contributed by atoms with van der Waals surface area (Å²) in [5, 5.41) is 3.95. The summed E-state index contributed by atoms with van der Waals surface area (Å²) < 4.78 is 11.1. The molecule has 27 heavy (non-hydrogen) atoms. The van der Waals surface area contributed by atoms with E-state index in [1.165, 1.54) is 0 Å². The molecule has 1 unspecified atom stereocenters. The Morgan fingerprint density at radius 1 is 1.19 bits per heavy atom. The number of ether oxygens (including phenoxy) is 1. The van der Waals surface area contributed by atoms with Gasteiger partial charge < -0.3 is 14.2 Å². The molecule has 1 aliphatic rings. The van der Waals surface area contributed by atoms with Crippen LogP contribution in [0.4, 0.5) is 0 Å². The van der Waals surface area contributed by atoms with Gasteiger partial charge in [-0.3, -0.25) is 9.69 Å². The number of nitrogens with zero attached hydrogens (tertiary/aromatic N) is 3. The molecule has 0 N–H and O–H groups in total. The molecule has 3 rings (SSSR count). The van der Waals surface area contributed by atoms with Crippen LogP contribution >= 0.6 is 0 Å². The van der Waals surface area contributed by atoms with Crippen molar-refractivity contribution in [2.24, 2.45) is 0 Å². The molecule has 0 spiro atoms. The molecule has 1 aromatic heterocycles. The Morgan fingerprint density at radius 2 is 1.96 bits per heavy atom. The molecular formula is C21H29N3O3. The molecule has 146 valence electrons. The van der Waals surface area contributed by atoms with Crippen LogP contribution in [-0.2, 0) is 11.2 Å². The lowest BCUT2D eigenvalue weighted by atomic mass is 10.1. The number of carbonyl (C=O) groups is 1. The van der Waals surface area contributed by atoms with Crippen molar-refractivity contribution in [1.82, 2.24) is 15.0 Å². The van der Waals surface area contributed by atoms with E-state index in [0.29, 0.717) is 19.1 Å². The summed E-state index contributed by atoms with van der Waals surface area (Å²) >= 11 is 0. The molecule has 2 heterocycles. The van der Waals surface area contributed by atoms with Crippen molar-refractivity contribution < 1.29 is 14.1 Å². The smallest absolute Gasteiger partial charge is 0.227 e. The highest BCUT2D eigenvalue weighted by Gasteiger charge is 2.24. The third-order valence-corrected chi connectivity index (χ3v) is 5.25. The summed E-state index contributed by atoms with van der Waals surface area (Å²) in [4.78, 5) is 17.1. The van der Waals surface area contributed by atoms with E-state index in [1.54, 1.807) is 0 Å². The second-order valence-electron chi connectivity index (χ2n) is 7.22. The third-order valence-electron chi connectivity index (χ3n) is 5.25. The summed E-state index contributed by atoms with van der Waals surface area (Å²) in [7, 11) is 0. The predicted molar refractivity (Wildman–Crippen MR) is 104 cm³/mol. The minimum absolute atomic E-state index is 0.152. The molecule has 1 saturated heterocycles. The van der Waals surface area contributed by atoms with Gasteiger partial charge in [-0.2, -0.15) is 0 Å². The standard InChI is InChI=1S/C21H29N3O3/c1-16(15-26-19-8-5-4-6-9-19)23-10-7-11-24(13-12-23)21(25)14-20-17(2)22-27-18(20)3/h4-6,8-9,16H,7,10-15H2,1-3H3. The Morgan fingerprint density at radius 3 is 2.67 bits per heavy atom. The largest absolute Gasteiger partial charge is 0.492 e. The molecule has 0 radical (unpaired) electrons. The van der Waals surface area contributed by atoms with Gasteiger partial charge in [-0.05, 0) is 39.3 Å². The number of carbonyl (C=O) groups excluding carboxylic acids is 1. The lowest BCUT2D eigenvalue weighted by Gasteiger charge is -2.27. The van der Waals surface area contributed by atoms with E-state index in [9.17, 15) is 4.79 Å². The topological polar surface area (TPSA) is 58.8 Å². The fourth-order valence-electron chi connectivity index (χ4n) is 3.48. The number of aryl methyl sites for hydroxylation is 2. The number of aromatic nitrogens is 1. The second-order valence-corrected chi connectivity index (χ2v) is 7.22. The molecule has 1 atom stereocenters. The first-order valence-electron chi connectivity index (χ1n) is 9.66. The van der Waals surface area contributed by atoms with E-state index in [0.717, 1.165) is 55.4 Å². The Balaban J connectivity index is 1.50. The van der Waals surface area contributed by atoms with Gasteiger partial charge in [-0.1, -0.05) is 23.4 Å². The Kier molecular flexibility index (Phi) is 6.50. The van der Waals surface area contributed by atoms with Crippen LogP contribution in [0.2, 0.25) is 0 Å². The van der Waals surface area contributed by atoms with Crippen molar-refractivity contribution in [1.29, 1.82) is 0 Å². The van der Waals surface area contributed by atoms with Gasteiger partial charge >= 0.3 is 0 Å². The van der Waals surface area contributed by atoms with Gasteiger partial charge in [0.15, 0.2) is 0 Å². The zero-order valence-electron chi connectivity index (χ0n) is 16.5. The van der Waals surface area contributed by atoms with Crippen LogP contribution in [0.15, 0.2) is 34.9 Å². The van der Waals surface area contributed by atoms with Crippen LogP contribution in [0.3, 0.4) is 0 Å². The number of hydrogen-bond acceptors (Lipinski definition) is 5. The Labute approximate surface area is 161 Å². The van der Waals surface area contributed by atoms with Crippen LogP contribution < -0.4 is 4.74 Å². The van der Waals surface area contributed by atoms with E-state index < -0.39 is 0 Å². The SMILES string of the molecule is Cc1noc(C)c1CC(=O)N1CCCN(C(C)COc2ccccc2)CC1. The molecule has 1 fully saturated rings. The van der Waals surface area contributed by atoms with Gasteiger partial charge in [0, 0.05) is 37.8 Å². The number of benzene rings is 1. The van der Waals surface area contributed by atoms with Crippen molar-refractivity contribution in [2.45, 2.75) is 39.7 Å². The molecule has 0 aliphatic carbocycles. The normalized spacial score (nSPS) is 16.8. The fraction of sp³-hybridized carbons (Fsp3) is 0.524. The van der Waals surface area contributed by atoms with E-state index >= 15 is 0 Å². The maximum atomic E-state index is 12.7. The molecule has 1 amide bonds. The third kappa shape index (κ3) is 5.10. The van der Waals surface area contributed by atoms with Crippen LogP contribution in [0.1, 0.15) is 30.4 Å². The molecule has 6 heteroatoms. The van der Waals surface area contributed by atoms with Crippen molar-refractivity contribution >= 4 is 5.91 Å². The van der Waals surface area contributed by atoms with E-state index in [4.69, 9.17) is 9.26 Å². The van der Waals surface area contributed by atoms with Crippen molar-refractivity contribution in [3.63, 3.8) is 0 Å². The van der Waals surface area contributed by atoms with Gasteiger partial charge in [-0.15, -0.1) is 0 Å². The van der Waals surface area contributed by atoms with Crippen molar-refractivity contribution in [2.75, 3.05) is 32.8 Å². The van der Waals surface area contributed by atoms with Gasteiger partial charge in [0.25, 0.3) is 0 Å². The summed E-state index contributed by atoms with van der Waals surface area (Å²) in [5.41, 5.74) is 1.73. The maximum Gasteiger partial charge on any atom is 0.227 e. The van der Waals surface area contributed by atoms with Gasteiger partial charge in [-0.25, -0.2) is 0 Å². The zero-order chi connectivity index (χ0) is 19.2. The number of hydrogen-bond donors (Lipinski definition) is 0. The summed E-state index contributed by atoms with van der Waals surface area (Å²) in [5.74, 6) is 1.79. The first-order chi connectivity index (χ1) is 13.0. The van der Waals surface area contributed by atoms with Crippen LogP contribution in [0.25, 0.3) is 0 Å². The molecule has 1 aromatic carbocycles. The van der Waals surface area contributed by atoms with E-state index in [1.807, 2.05) is 49.1 Å². The lowest BCUT2D eigenvalue weighted by Crippen LogP contribution is -2.41. The Hall–Kier alpha value is -2.34. The molecule has 0 bridgehead atoms. The quantitative estimate of drug-likeness (QED) is 0.781. The fourth-order valence-corrected chi connectivity index (χ4v) is 3.48. The average Bonchev–Trinajstić information content (AvgIpc) is 2.89. The van der Waals surface area contributed by atoms with E-state index in [-0.39, 0.29) is 5.91 Å². The first-order valence-corrected chi connectivity index (χ1v) is 9.66. The minimum atomic E-state index is 0.152. The average molecular weight is 371 g/mol. The van der Waals surface area contributed by atoms with Crippen molar-refractivity contribution in [3.8, 4) is 5.75 Å². The van der Waals surface area contributed by atoms with Gasteiger partial charge in [0.2, 0.25) is 5.91 Å². The predicted octanol–water partition coefficient (Wildman–Crippen LogP) is 2.84. The zero-order valence-corrected chi connectivity index (χ0v) is 16.5. The monoisotopic (exact) mass is 371 g/mol. The van der Waals surface area contributed by atoms with Crippen LogP contribution in [0.5, 0.6) is 5.75 Å². The molecular weight excluding hydrogens is 342 g/mol. The summed E-state index contributed by atoms with van der Waals surface area (Å²) in [6.07, 6.45) is 1.34.